The van der Waals surface area contributed by atoms with E-state index in [1.807, 2.05) is 0 Å². The first-order valence-electron chi connectivity index (χ1n) is 7.94. The molecule has 0 spiro atoms. The normalized spacial score (nSPS) is 12.1. The number of hydrogen-bond donors (Lipinski definition) is 1. The zero-order valence-electron chi connectivity index (χ0n) is 14.5. The lowest BCUT2D eigenvalue weighted by Gasteiger charge is -2.20. The van der Waals surface area contributed by atoms with E-state index < -0.39 is 11.9 Å². The molecule has 0 aromatic heterocycles. The van der Waals surface area contributed by atoms with Gasteiger partial charge in [0.15, 0.2) is 12.4 Å². The van der Waals surface area contributed by atoms with Gasteiger partial charge in [0.2, 0.25) is 0 Å². The van der Waals surface area contributed by atoms with Crippen LogP contribution in [-0.2, 0) is 14.4 Å². The molecule has 1 atom stereocenters. The van der Waals surface area contributed by atoms with Gasteiger partial charge in [0.1, 0.15) is 11.5 Å². The number of ketones is 2. The van der Waals surface area contributed by atoms with E-state index >= 15 is 0 Å². The van der Waals surface area contributed by atoms with Crippen LogP contribution in [-0.4, -0.2) is 30.1 Å². The maximum absolute atomic E-state index is 12.2. The predicted octanol–water partition coefficient (Wildman–Crippen LogP) is 3.04. The second-order valence-electron chi connectivity index (χ2n) is 6.24. The fourth-order valence-electron chi connectivity index (χ4n) is 1.98. The Morgan fingerprint density at radius 1 is 1.04 bits per heavy atom. The third-order valence-corrected chi connectivity index (χ3v) is 3.73. The van der Waals surface area contributed by atoms with Gasteiger partial charge in [0.05, 0.1) is 6.04 Å². The maximum atomic E-state index is 12.2. The Balaban J connectivity index is 2.63. The predicted molar refractivity (Wildman–Crippen MR) is 93.2 cm³/mol. The van der Waals surface area contributed by atoms with Gasteiger partial charge >= 0.3 is 0 Å². The topological polar surface area (TPSA) is 72.5 Å². The van der Waals surface area contributed by atoms with Crippen LogP contribution in [0.5, 0.6) is 5.75 Å². The van der Waals surface area contributed by atoms with Gasteiger partial charge in [-0.3, -0.25) is 14.4 Å². The molecule has 1 rings (SSSR count). The molecule has 0 saturated heterocycles. The van der Waals surface area contributed by atoms with Crippen molar-refractivity contribution >= 4 is 29.1 Å². The average molecular weight is 354 g/mol. The summed E-state index contributed by atoms with van der Waals surface area (Å²) >= 11 is 5.78. The van der Waals surface area contributed by atoms with E-state index in [0.717, 1.165) is 0 Å². The van der Waals surface area contributed by atoms with Crippen molar-refractivity contribution in [3.8, 4) is 5.75 Å². The van der Waals surface area contributed by atoms with Gasteiger partial charge in [-0.05, 0) is 24.3 Å². The molecule has 0 aliphatic carbocycles. The van der Waals surface area contributed by atoms with Crippen LogP contribution >= 0.6 is 11.6 Å². The largest absolute Gasteiger partial charge is 0.484 e. The van der Waals surface area contributed by atoms with Crippen molar-refractivity contribution in [2.45, 2.75) is 40.2 Å². The number of carbonyl (C=O) groups is 3. The van der Waals surface area contributed by atoms with Crippen LogP contribution in [0.3, 0.4) is 0 Å². The van der Waals surface area contributed by atoms with Crippen LogP contribution in [0.25, 0.3) is 0 Å². The Morgan fingerprint density at radius 2 is 1.62 bits per heavy atom. The monoisotopic (exact) mass is 353 g/mol. The molecule has 6 heteroatoms. The lowest BCUT2D eigenvalue weighted by Crippen LogP contribution is -2.46. The summed E-state index contributed by atoms with van der Waals surface area (Å²) in [6.07, 6.45) is 0.00135. The molecule has 0 saturated carbocycles. The summed E-state index contributed by atoms with van der Waals surface area (Å²) < 4.78 is 5.35. The summed E-state index contributed by atoms with van der Waals surface area (Å²) in [5, 5.41) is 3.18. The summed E-state index contributed by atoms with van der Waals surface area (Å²) in [5.74, 6) is -0.626. The van der Waals surface area contributed by atoms with E-state index in [1.165, 1.54) is 0 Å². The van der Waals surface area contributed by atoms with Crippen LogP contribution in [0, 0.1) is 11.8 Å². The molecule has 24 heavy (non-hydrogen) atoms. The van der Waals surface area contributed by atoms with E-state index in [0.29, 0.717) is 10.8 Å². The first kappa shape index (κ1) is 20.2. The molecule has 1 N–H and O–H groups in total. The highest BCUT2D eigenvalue weighted by atomic mass is 35.5. The van der Waals surface area contributed by atoms with Gasteiger partial charge in [-0.15, -0.1) is 0 Å². The van der Waals surface area contributed by atoms with E-state index in [-0.39, 0.29) is 36.4 Å². The van der Waals surface area contributed by atoms with Crippen LogP contribution in [0.4, 0.5) is 0 Å². The molecule has 132 valence electrons. The van der Waals surface area contributed by atoms with Crippen LogP contribution in [0.15, 0.2) is 24.3 Å². The van der Waals surface area contributed by atoms with Crippen molar-refractivity contribution < 1.29 is 19.1 Å². The maximum Gasteiger partial charge on any atom is 0.258 e. The Hall–Kier alpha value is -1.88. The summed E-state index contributed by atoms with van der Waals surface area (Å²) in [7, 11) is 0. The van der Waals surface area contributed by atoms with Gasteiger partial charge in [0, 0.05) is 23.3 Å². The molecular weight excluding hydrogens is 330 g/mol. The number of halogens is 1. The molecule has 0 bridgehead atoms. The van der Waals surface area contributed by atoms with Crippen molar-refractivity contribution in [1.29, 1.82) is 0 Å². The fraction of sp³-hybridized carbons (Fsp3) is 0.500. The number of hydrogen-bond acceptors (Lipinski definition) is 4. The van der Waals surface area contributed by atoms with Gasteiger partial charge in [-0.25, -0.2) is 0 Å². The minimum Gasteiger partial charge on any atom is -0.484 e. The van der Waals surface area contributed by atoms with E-state index in [9.17, 15) is 14.4 Å². The first-order valence-corrected chi connectivity index (χ1v) is 8.32. The van der Waals surface area contributed by atoms with Gasteiger partial charge in [-0.2, -0.15) is 0 Å². The Kier molecular flexibility index (Phi) is 7.92. The average Bonchev–Trinajstić information content (AvgIpc) is 2.52. The summed E-state index contributed by atoms with van der Waals surface area (Å²) in [6, 6.07) is 5.78. The third-order valence-electron chi connectivity index (χ3n) is 3.48. The minimum atomic E-state index is -0.818. The number of carbonyl (C=O) groups excluding carboxylic acids is 3. The van der Waals surface area contributed by atoms with Crippen LogP contribution in [0.1, 0.15) is 34.1 Å². The molecule has 0 aliphatic rings. The molecule has 0 fully saturated rings. The minimum absolute atomic E-state index is 0.00135. The van der Waals surface area contributed by atoms with Gasteiger partial charge < -0.3 is 10.1 Å². The number of benzene rings is 1. The number of amides is 1. The Morgan fingerprint density at radius 3 is 2.12 bits per heavy atom. The van der Waals surface area contributed by atoms with Crippen molar-refractivity contribution in [2.24, 2.45) is 11.8 Å². The Bertz CT molecular complexity index is 581. The SMILES string of the molecule is CC(C)C(=O)CC(NC(=O)COc1ccc(Cl)cc1)C(=O)C(C)C. The fourth-order valence-corrected chi connectivity index (χ4v) is 2.10. The lowest BCUT2D eigenvalue weighted by molar-refractivity contribution is -0.133. The summed E-state index contributed by atoms with van der Waals surface area (Å²) in [4.78, 5) is 36.2. The molecule has 1 aromatic rings. The third kappa shape index (κ3) is 6.71. The van der Waals surface area contributed by atoms with Crippen molar-refractivity contribution in [3.05, 3.63) is 29.3 Å². The molecule has 0 aliphatic heterocycles. The molecule has 0 heterocycles. The van der Waals surface area contributed by atoms with Gasteiger partial charge in [-0.1, -0.05) is 39.3 Å². The Labute approximate surface area is 147 Å². The van der Waals surface area contributed by atoms with Gasteiger partial charge in [0.25, 0.3) is 5.91 Å². The quantitative estimate of drug-likeness (QED) is 0.740. The molecule has 1 aromatic carbocycles. The van der Waals surface area contributed by atoms with E-state index in [1.54, 1.807) is 52.0 Å². The van der Waals surface area contributed by atoms with Crippen molar-refractivity contribution in [3.63, 3.8) is 0 Å². The second-order valence-corrected chi connectivity index (χ2v) is 6.68. The standard InChI is InChI=1S/C18H24ClNO4/c1-11(2)16(21)9-15(18(23)12(3)4)20-17(22)10-24-14-7-5-13(19)6-8-14/h5-8,11-12,15H,9-10H2,1-4H3,(H,20,22). The highest BCUT2D eigenvalue weighted by molar-refractivity contribution is 6.30. The highest BCUT2D eigenvalue weighted by Gasteiger charge is 2.26. The highest BCUT2D eigenvalue weighted by Crippen LogP contribution is 2.15. The smallest absolute Gasteiger partial charge is 0.258 e. The van der Waals surface area contributed by atoms with Crippen LogP contribution < -0.4 is 10.1 Å². The number of nitrogens with one attached hydrogen (secondary N) is 1. The molecule has 1 unspecified atom stereocenters. The lowest BCUT2D eigenvalue weighted by atomic mass is 9.94. The number of rotatable bonds is 9. The van der Waals surface area contributed by atoms with E-state index in [2.05, 4.69) is 5.32 Å². The number of ether oxygens (including phenoxy) is 1. The summed E-state index contributed by atoms with van der Waals surface area (Å²) in [6.45, 7) is 6.78. The van der Waals surface area contributed by atoms with E-state index in [4.69, 9.17) is 16.3 Å². The second kappa shape index (κ2) is 9.42. The zero-order valence-corrected chi connectivity index (χ0v) is 15.2. The molecule has 5 nitrogen and oxygen atoms in total. The number of Topliss-reactive ketones (excluding diaryl/α,β-unsaturated/α-hetero) is 2. The van der Waals surface area contributed by atoms with Crippen molar-refractivity contribution in [1.82, 2.24) is 5.32 Å². The van der Waals surface area contributed by atoms with Crippen LogP contribution in [0.2, 0.25) is 5.02 Å². The molecular formula is C18H24ClNO4. The summed E-state index contributed by atoms with van der Waals surface area (Å²) in [5.41, 5.74) is 0. The van der Waals surface area contributed by atoms with Crippen molar-refractivity contribution in [2.75, 3.05) is 6.61 Å². The molecule has 1 amide bonds. The zero-order chi connectivity index (χ0) is 18.3. The molecule has 0 radical (unpaired) electrons. The first-order chi connectivity index (χ1) is 11.2.